The van der Waals surface area contributed by atoms with Crippen molar-refractivity contribution in [3.63, 3.8) is 0 Å². The second kappa shape index (κ2) is 3.16. The first-order valence-corrected chi connectivity index (χ1v) is 3.93. The van der Waals surface area contributed by atoms with E-state index in [0.29, 0.717) is 0 Å². The van der Waals surface area contributed by atoms with Crippen LogP contribution in [0.1, 0.15) is 6.92 Å². The Kier molecular flexibility index (Phi) is 2.63. The largest absolute Gasteiger partial charge is 0.387 e. The number of aliphatic hydroxyl groups is 6. The molecule has 6 heteroatoms. The Morgan fingerprint density at radius 2 is 1.08 bits per heavy atom. The molecule has 13 heavy (non-hydrogen) atoms. The predicted octanol–water partition coefficient (Wildman–Crippen LogP) is -3.44. The lowest BCUT2D eigenvalue weighted by Gasteiger charge is -2.45. The van der Waals surface area contributed by atoms with Gasteiger partial charge in [-0.15, -0.1) is 0 Å². The van der Waals surface area contributed by atoms with E-state index in [-0.39, 0.29) is 0 Å². The molecule has 1 aliphatic rings. The predicted molar refractivity (Wildman–Crippen MR) is 40.7 cm³/mol. The fourth-order valence-electron chi connectivity index (χ4n) is 1.44. The van der Waals surface area contributed by atoms with Gasteiger partial charge >= 0.3 is 0 Å². The van der Waals surface area contributed by atoms with Crippen LogP contribution in [0.25, 0.3) is 0 Å². The Balaban J connectivity index is 2.93. The van der Waals surface area contributed by atoms with Crippen LogP contribution in [-0.4, -0.2) is 66.8 Å². The molecule has 1 rings (SSSR count). The molecule has 0 aromatic rings. The van der Waals surface area contributed by atoms with Crippen molar-refractivity contribution in [3.8, 4) is 0 Å². The van der Waals surface area contributed by atoms with Crippen molar-refractivity contribution in [3.05, 3.63) is 0 Å². The molecule has 1 saturated carbocycles. The first kappa shape index (κ1) is 10.8. The standard InChI is InChI=1S/C7H14O6/c1-7(13)5(11)3(9)2(8)4(10)6(7)12/h2-6,8-13H,1H3/t2?,3-,4?,5?,6-,7?/m1/s1. The van der Waals surface area contributed by atoms with Crippen molar-refractivity contribution >= 4 is 0 Å². The highest BCUT2D eigenvalue weighted by Gasteiger charge is 2.54. The molecule has 0 bridgehead atoms. The van der Waals surface area contributed by atoms with Crippen LogP contribution < -0.4 is 0 Å². The van der Waals surface area contributed by atoms with Gasteiger partial charge in [0.15, 0.2) is 0 Å². The highest BCUT2D eigenvalue weighted by Crippen LogP contribution is 2.29. The third kappa shape index (κ3) is 1.45. The van der Waals surface area contributed by atoms with Crippen molar-refractivity contribution in [2.24, 2.45) is 0 Å². The minimum absolute atomic E-state index is 1.07. The number of rotatable bonds is 0. The third-order valence-corrected chi connectivity index (χ3v) is 2.54. The van der Waals surface area contributed by atoms with Gasteiger partial charge in [0.25, 0.3) is 0 Å². The summed E-state index contributed by atoms with van der Waals surface area (Å²) in [5, 5.41) is 55.3. The molecule has 0 aromatic heterocycles. The van der Waals surface area contributed by atoms with Gasteiger partial charge in [-0.05, 0) is 6.92 Å². The summed E-state index contributed by atoms with van der Waals surface area (Å²) in [5.41, 5.74) is -2.03. The molecule has 6 nitrogen and oxygen atoms in total. The quantitative estimate of drug-likeness (QED) is 0.238. The molecule has 0 aliphatic heterocycles. The van der Waals surface area contributed by atoms with Crippen LogP contribution in [0.15, 0.2) is 0 Å². The molecule has 0 spiro atoms. The smallest absolute Gasteiger partial charge is 0.119 e. The maximum absolute atomic E-state index is 9.44. The van der Waals surface area contributed by atoms with E-state index < -0.39 is 36.1 Å². The second-order valence-electron chi connectivity index (χ2n) is 3.59. The molecule has 0 radical (unpaired) electrons. The highest BCUT2D eigenvalue weighted by atomic mass is 16.4. The van der Waals surface area contributed by atoms with E-state index in [0.717, 1.165) is 6.92 Å². The maximum atomic E-state index is 9.44. The molecular formula is C7H14O6. The number of aliphatic hydroxyl groups excluding tert-OH is 5. The van der Waals surface area contributed by atoms with Crippen LogP contribution in [0, 0.1) is 0 Å². The zero-order chi connectivity index (χ0) is 10.4. The van der Waals surface area contributed by atoms with Crippen molar-refractivity contribution in [1.82, 2.24) is 0 Å². The van der Waals surface area contributed by atoms with E-state index >= 15 is 0 Å². The Morgan fingerprint density at radius 3 is 1.38 bits per heavy atom. The monoisotopic (exact) mass is 194 g/mol. The van der Waals surface area contributed by atoms with Gasteiger partial charge in [0.2, 0.25) is 0 Å². The van der Waals surface area contributed by atoms with Gasteiger partial charge in [-0.2, -0.15) is 0 Å². The van der Waals surface area contributed by atoms with Crippen LogP contribution >= 0.6 is 0 Å². The minimum atomic E-state index is -2.03. The number of hydrogen-bond acceptors (Lipinski definition) is 6. The van der Waals surface area contributed by atoms with Crippen LogP contribution in [0.2, 0.25) is 0 Å². The molecule has 0 aromatic carbocycles. The van der Waals surface area contributed by atoms with Gasteiger partial charge in [-0.1, -0.05) is 0 Å². The second-order valence-corrected chi connectivity index (χ2v) is 3.59. The van der Waals surface area contributed by atoms with Crippen molar-refractivity contribution < 1.29 is 30.6 Å². The van der Waals surface area contributed by atoms with Gasteiger partial charge in [0.1, 0.15) is 36.1 Å². The van der Waals surface area contributed by atoms with Crippen molar-refractivity contribution in [1.29, 1.82) is 0 Å². The topological polar surface area (TPSA) is 121 Å². The summed E-state index contributed by atoms with van der Waals surface area (Å²) in [6, 6.07) is 0. The van der Waals surface area contributed by atoms with E-state index in [1.54, 1.807) is 0 Å². The maximum Gasteiger partial charge on any atom is 0.119 e. The Labute approximate surface area is 74.7 Å². The van der Waals surface area contributed by atoms with E-state index in [2.05, 4.69) is 0 Å². The Morgan fingerprint density at radius 1 is 0.769 bits per heavy atom. The normalized spacial score (nSPS) is 57.9. The van der Waals surface area contributed by atoms with Gasteiger partial charge in [0.05, 0.1) is 0 Å². The van der Waals surface area contributed by atoms with Crippen molar-refractivity contribution in [2.75, 3.05) is 0 Å². The lowest BCUT2D eigenvalue weighted by atomic mass is 9.76. The summed E-state index contributed by atoms with van der Waals surface area (Å²) in [5.74, 6) is 0. The lowest BCUT2D eigenvalue weighted by Crippen LogP contribution is -2.69. The Bertz CT molecular complexity index is 175. The molecule has 0 saturated heterocycles. The molecular weight excluding hydrogens is 180 g/mol. The van der Waals surface area contributed by atoms with E-state index in [1.807, 2.05) is 0 Å². The summed E-state index contributed by atoms with van der Waals surface area (Å²) in [6.07, 6.45) is -8.39. The third-order valence-electron chi connectivity index (χ3n) is 2.54. The van der Waals surface area contributed by atoms with Gasteiger partial charge in [0, 0.05) is 0 Å². The first-order valence-electron chi connectivity index (χ1n) is 3.93. The minimum Gasteiger partial charge on any atom is -0.387 e. The molecule has 1 aliphatic carbocycles. The van der Waals surface area contributed by atoms with E-state index in [4.69, 9.17) is 15.3 Å². The van der Waals surface area contributed by atoms with Crippen LogP contribution in [-0.2, 0) is 0 Å². The summed E-state index contributed by atoms with van der Waals surface area (Å²) >= 11 is 0. The fraction of sp³-hybridized carbons (Fsp3) is 1.00. The molecule has 6 atom stereocenters. The summed E-state index contributed by atoms with van der Waals surface area (Å²) in [6.45, 7) is 1.07. The van der Waals surface area contributed by atoms with Crippen LogP contribution in [0.4, 0.5) is 0 Å². The van der Waals surface area contributed by atoms with Crippen molar-refractivity contribution in [2.45, 2.75) is 43.0 Å². The number of hydrogen-bond donors (Lipinski definition) is 6. The zero-order valence-corrected chi connectivity index (χ0v) is 7.07. The Hall–Kier alpha value is -0.240. The average Bonchev–Trinajstić information content (AvgIpc) is 2.09. The molecule has 0 heterocycles. The average molecular weight is 194 g/mol. The molecule has 78 valence electrons. The molecule has 1 fully saturated rings. The molecule has 0 amide bonds. The lowest BCUT2D eigenvalue weighted by molar-refractivity contribution is -0.261. The first-order chi connectivity index (χ1) is 5.80. The fourth-order valence-corrected chi connectivity index (χ4v) is 1.44. The highest BCUT2D eigenvalue weighted by molar-refractivity contribution is 5.05. The summed E-state index contributed by atoms with van der Waals surface area (Å²) in [4.78, 5) is 0. The summed E-state index contributed by atoms with van der Waals surface area (Å²) < 4.78 is 0. The van der Waals surface area contributed by atoms with Crippen LogP contribution in [0.3, 0.4) is 0 Å². The molecule has 6 N–H and O–H groups in total. The van der Waals surface area contributed by atoms with Gasteiger partial charge in [-0.25, -0.2) is 0 Å². The SMILES string of the molecule is CC1(O)C(O)[C@H](O)C(O)C(O)[C@H]1O. The summed E-state index contributed by atoms with van der Waals surface area (Å²) in [7, 11) is 0. The van der Waals surface area contributed by atoms with Crippen LogP contribution in [0.5, 0.6) is 0 Å². The zero-order valence-electron chi connectivity index (χ0n) is 7.07. The van der Waals surface area contributed by atoms with E-state index in [9.17, 15) is 15.3 Å². The van der Waals surface area contributed by atoms with E-state index in [1.165, 1.54) is 0 Å². The van der Waals surface area contributed by atoms with Gasteiger partial charge in [-0.3, -0.25) is 0 Å². The molecule has 4 unspecified atom stereocenters. The van der Waals surface area contributed by atoms with Gasteiger partial charge < -0.3 is 30.6 Å².